The number of benzene rings is 2. The molecule has 0 fully saturated rings. The summed E-state index contributed by atoms with van der Waals surface area (Å²) in [6.45, 7) is 5.11. The lowest BCUT2D eigenvalue weighted by Crippen LogP contribution is -2.02. The number of rotatable bonds is 4. The van der Waals surface area contributed by atoms with Gasteiger partial charge in [-0.3, -0.25) is 4.68 Å². The number of ether oxygens (including phenoxy) is 1. The van der Waals surface area contributed by atoms with E-state index in [0.29, 0.717) is 5.02 Å². The molecule has 0 amide bonds. The average Bonchev–Trinajstić information content (AvgIpc) is 2.87. The highest BCUT2D eigenvalue weighted by Crippen LogP contribution is 2.35. The van der Waals surface area contributed by atoms with Gasteiger partial charge in [0, 0.05) is 17.5 Å². The number of halogens is 1. The molecule has 3 aromatic rings. The maximum atomic E-state index is 6.32. The molecular weight excluding hydrogens is 296 g/mol. The van der Waals surface area contributed by atoms with Gasteiger partial charge in [-0.2, -0.15) is 5.10 Å². The summed E-state index contributed by atoms with van der Waals surface area (Å²) in [4.78, 5) is 0. The van der Waals surface area contributed by atoms with Crippen LogP contribution in [0.1, 0.15) is 18.9 Å². The summed E-state index contributed by atoms with van der Waals surface area (Å²) < 4.78 is 7.37. The Labute approximate surface area is 135 Å². The fourth-order valence-electron chi connectivity index (χ4n) is 2.80. The second-order valence-corrected chi connectivity index (χ2v) is 5.80. The molecule has 0 aliphatic heterocycles. The molecule has 0 atom stereocenters. The highest BCUT2D eigenvalue weighted by molar-refractivity contribution is 6.35. The van der Waals surface area contributed by atoms with Gasteiger partial charge < -0.3 is 4.74 Å². The molecule has 0 bridgehead atoms. The van der Waals surface area contributed by atoms with Crippen molar-refractivity contribution >= 4 is 22.5 Å². The molecule has 22 heavy (non-hydrogen) atoms. The summed E-state index contributed by atoms with van der Waals surface area (Å²) in [7, 11) is 1.69. The highest BCUT2D eigenvalue weighted by atomic mass is 35.5. The van der Waals surface area contributed by atoms with E-state index in [0.717, 1.165) is 35.3 Å². The van der Waals surface area contributed by atoms with Crippen LogP contribution < -0.4 is 4.74 Å². The smallest absolute Gasteiger partial charge is 0.119 e. The zero-order valence-corrected chi connectivity index (χ0v) is 13.8. The molecule has 114 valence electrons. The molecule has 1 heterocycles. The average molecular weight is 315 g/mol. The van der Waals surface area contributed by atoms with E-state index in [1.165, 1.54) is 11.1 Å². The van der Waals surface area contributed by atoms with Gasteiger partial charge in [0.15, 0.2) is 0 Å². The number of fused-ring (bicyclic) bond motifs is 1. The number of nitrogens with zero attached hydrogens (tertiary/aromatic N) is 2. The van der Waals surface area contributed by atoms with Crippen molar-refractivity contribution < 1.29 is 4.74 Å². The molecule has 0 radical (unpaired) electrons. The normalized spacial score (nSPS) is 11.1. The van der Waals surface area contributed by atoms with Crippen molar-refractivity contribution in [3.8, 4) is 17.0 Å². The van der Waals surface area contributed by atoms with Crippen LogP contribution in [0.15, 0.2) is 36.4 Å². The third-order valence-corrected chi connectivity index (χ3v) is 4.15. The van der Waals surface area contributed by atoms with Gasteiger partial charge in [0.25, 0.3) is 0 Å². The van der Waals surface area contributed by atoms with Gasteiger partial charge in [-0.05, 0) is 43.2 Å². The third-order valence-electron chi connectivity index (χ3n) is 3.84. The molecule has 0 aliphatic rings. The minimum Gasteiger partial charge on any atom is -0.497 e. The second-order valence-electron chi connectivity index (χ2n) is 5.39. The van der Waals surface area contributed by atoms with Gasteiger partial charge in [0.1, 0.15) is 11.3 Å². The van der Waals surface area contributed by atoms with Crippen LogP contribution in [0, 0.1) is 6.92 Å². The molecule has 1 aromatic heterocycles. The van der Waals surface area contributed by atoms with E-state index in [-0.39, 0.29) is 0 Å². The Morgan fingerprint density at radius 3 is 2.73 bits per heavy atom. The van der Waals surface area contributed by atoms with Crippen molar-refractivity contribution in [2.45, 2.75) is 26.8 Å². The molecule has 0 N–H and O–H groups in total. The molecule has 0 aliphatic carbocycles. The van der Waals surface area contributed by atoms with Crippen LogP contribution in [-0.4, -0.2) is 16.9 Å². The Balaban J connectivity index is 2.29. The van der Waals surface area contributed by atoms with Gasteiger partial charge >= 0.3 is 0 Å². The van der Waals surface area contributed by atoms with E-state index in [9.17, 15) is 0 Å². The first-order chi connectivity index (χ1) is 10.7. The Morgan fingerprint density at radius 1 is 1.23 bits per heavy atom. The Bertz CT molecular complexity index is 823. The predicted molar refractivity (Wildman–Crippen MR) is 91.8 cm³/mol. The van der Waals surface area contributed by atoms with Crippen LogP contribution >= 0.6 is 11.6 Å². The van der Waals surface area contributed by atoms with Crippen LogP contribution in [0.4, 0.5) is 0 Å². The number of methoxy groups -OCH3 is 1. The van der Waals surface area contributed by atoms with Gasteiger partial charge in [0.2, 0.25) is 0 Å². The van der Waals surface area contributed by atoms with Crippen LogP contribution in [0.25, 0.3) is 22.2 Å². The summed E-state index contributed by atoms with van der Waals surface area (Å²) in [5, 5.41) is 6.50. The first-order valence-electron chi connectivity index (χ1n) is 7.45. The van der Waals surface area contributed by atoms with E-state index in [1.807, 2.05) is 18.2 Å². The Hall–Kier alpha value is -2.00. The SMILES string of the molecule is CCCn1nc2c(Cl)cccc2c1-c1ccc(OC)cc1C. The zero-order chi connectivity index (χ0) is 15.7. The standard InChI is InChI=1S/C18H19ClN2O/c1-4-10-21-18(14-9-8-13(22-3)11-12(14)2)15-6-5-7-16(19)17(15)20-21/h5-9,11H,4,10H2,1-3H3. The molecular formula is C18H19ClN2O. The summed E-state index contributed by atoms with van der Waals surface area (Å²) in [5.74, 6) is 0.866. The number of hydrogen-bond donors (Lipinski definition) is 0. The monoisotopic (exact) mass is 314 g/mol. The first kappa shape index (κ1) is 14.9. The Morgan fingerprint density at radius 2 is 2.05 bits per heavy atom. The molecule has 4 heteroatoms. The maximum Gasteiger partial charge on any atom is 0.119 e. The lowest BCUT2D eigenvalue weighted by molar-refractivity contribution is 0.414. The predicted octanol–water partition coefficient (Wildman–Crippen LogP) is 5.08. The molecule has 0 spiro atoms. The van der Waals surface area contributed by atoms with Crippen molar-refractivity contribution in [3.05, 3.63) is 47.0 Å². The van der Waals surface area contributed by atoms with Crippen LogP contribution in [0.2, 0.25) is 5.02 Å². The molecule has 3 nitrogen and oxygen atoms in total. The quantitative estimate of drug-likeness (QED) is 0.671. The molecule has 0 saturated carbocycles. The largest absolute Gasteiger partial charge is 0.497 e. The fraction of sp³-hybridized carbons (Fsp3) is 0.278. The number of hydrogen-bond acceptors (Lipinski definition) is 2. The van der Waals surface area contributed by atoms with Crippen molar-refractivity contribution in [2.24, 2.45) is 0 Å². The van der Waals surface area contributed by atoms with E-state index in [2.05, 4.69) is 36.7 Å². The highest BCUT2D eigenvalue weighted by Gasteiger charge is 2.16. The minimum absolute atomic E-state index is 0.694. The van der Waals surface area contributed by atoms with Crippen molar-refractivity contribution in [3.63, 3.8) is 0 Å². The summed E-state index contributed by atoms with van der Waals surface area (Å²) in [6, 6.07) is 12.1. The van der Waals surface area contributed by atoms with Gasteiger partial charge in [-0.1, -0.05) is 30.7 Å². The maximum absolute atomic E-state index is 6.32. The lowest BCUT2D eigenvalue weighted by atomic mass is 10.0. The van der Waals surface area contributed by atoms with Gasteiger partial charge in [0.05, 0.1) is 17.8 Å². The zero-order valence-electron chi connectivity index (χ0n) is 13.1. The van der Waals surface area contributed by atoms with Crippen LogP contribution in [-0.2, 0) is 6.54 Å². The van der Waals surface area contributed by atoms with E-state index in [4.69, 9.17) is 21.4 Å². The first-order valence-corrected chi connectivity index (χ1v) is 7.83. The molecule has 0 unspecified atom stereocenters. The van der Waals surface area contributed by atoms with E-state index >= 15 is 0 Å². The van der Waals surface area contributed by atoms with Crippen molar-refractivity contribution in [1.29, 1.82) is 0 Å². The number of aryl methyl sites for hydroxylation is 2. The van der Waals surface area contributed by atoms with E-state index in [1.54, 1.807) is 7.11 Å². The van der Waals surface area contributed by atoms with Crippen molar-refractivity contribution in [1.82, 2.24) is 9.78 Å². The lowest BCUT2D eigenvalue weighted by Gasteiger charge is -2.11. The summed E-state index contributed by atoms with van der Waals surface area (Å²) >= 11 is 6.32. The fourth-order valence-corrected chi connectivity index (χ4v) is 3.02. The summed E-state index contributed by atoms with van der Waals surface area (Å²) in [6.07, 6.45) is 1.02. The van der Waals surface area contributed by atoms with Crippen LogP contribution in [0.3, 0.4) is 0 Å². The second kappa shape index (κ2) is 6.01. The minimum atomic E-state index is 0.694. The van der Waals surface area contributed by atoms with Gasteiger partial charge in [-0.25, -0.2) is 0 Å². The van der Waals surface area contributed by atoms with Crippen LogP contribution in [0.5, 0.6) is 5.75 Å². The summed E-state index contributed by atoms with van der Waals surface area (Å²) in [5.41, 5.74) is 4.32. The topological polar surface area (TPSA) is 27.1 Å². The number of aromatic nitrogens is 2. The molecule has 3 rings (SSSR count). The molecule has 0 saturated heterocycles. The third kappa shape index (κ3) is 2.46. The van der Waals surface area contributed by atoms with Gasteiger partial charge in [-0.15, -0.1) is 0 Å². The molecule has 2 aromatic carbocycles. The Kier molecular flexibility index (Phi) is 4.08. The van der Waals surface area contributed by atoms with Crippen molar-refractivity contribution in [2.75, 3.05) is 7.11 Å². The van der Waals surface area contributed by atoms with E-state index < -0.39 is 0 Å².